The summed E-state index contributed by atoms with van der Waals surface area (Å²) in [5, 5.41) is 4.45. The maximum atomic E-state index is 12.6. The van der Waals surface area contributed by atoms with Crippen molar-refractivity contribution in [2.75, 3.05) is 13.2 Å². The van der Waals surface area contributed by atoms with E-state index in [1.165, 1.54) is 0 Å². The van der Waals surface area contributed by atoms with Crippen LogP contribution in [0.1, 0.15) is 20.8 Å². The number of hydrogen-bond donors (Lipinski definition) is 1. The van der Waals surface area contributed by atoms with Crippen molar-refractivity contribution < 1.29 is 19.1 Å². The number of hydrazine groups is 1. The predicted molar refractivity (Wildman–Crippen MR) is 140 cm³/mol. The van der Waals surface area contributed by atoms with Gasteiger partial charge in [0, 0.05) is 0 Å². The smallest absolute Gasteiger partial charge is 0.429 e. The van der Waals surface area contributed by atoms with Crippen LogP contribution in [0.5, 0.6) is 0 Å². The Hall–Kier alpha value is -4.02. The van der Waals surface area contributed by atoms with Gasteiger partial charge in [-0.25, -0.2) is 20.0 Å². The number of rotatable bonds is 6. The summed E-state index contributed by atoms with van der Waals surface area (Å²) in [6.45, 7) is 5.48. The first-order chi connectivity index (χ1) is 17.0. The topological polar surface area (TPSA) is 67.9 Å². The number of nitrogens with zero attached hydrogens (tertiary/aromatic N) is 1. The van der Waals surface area contributed by atoms with E-state index in [0.29, 0.717) is 0 Å². The van der Waals surface area contributed by atoms with Gasteiger partial charge in [-0.3, -0.25) is 0 Å². The van der Waals surface area contributed by atoms with Crippen LogP contribution in [0.2, 0.25) is 0 Å². The maximum Gasteiger partial charge on any atom is 0.429 e. The largest absolute Gasteiger partial charge is 0.449 e. The minimum atomic E-state index is -2.82. The van der Waals surface area contributed by atoms with Gasteiger partial charge in [-0.15, -0.1) is 5.54 Å². The average molecular weight is 487 g/mol. The first-order valence-corrected chi connectivity index (χ1v) is 13.6. The molecule has 0 radical (unpaired) electrons. The first kappa shape index (κ1) is 25.6. The Balaban J connectivity index is 2.16. The maximum absolute atomic E-state index is 12.6. The van der Waals surface area contributed by atoms with Gasteiger partial charge >= 0.3 is 12.2 Å². The molecule has 0 spiro atoms. The summed E-state index contributed by atoms with van der Waals surface area (Å²) in [6, 6.07) is 30.0. The molecule has 2 amide bonds. The SMILES string of the molecule is CCOC(=O)NN(C(=O)OCC)C(C)C#C[Si](c1ccccc1)(c1ccccc1)c1ccccc1. The van der Waals surface area contributed by atoms with E-state index in [1.54, 1.807) is 20.8 Å². The molecule has 3 aromatic rings. The van der Waals surface area contributed by atoms with Crippen molar-refractivity contribution >= 4 is 35.8 Å². The van der Waals surface area contributed by atoms with Crippen LogP contribution < -0.4 is 21.0 Å². The molecule has 0 aliphatic carbocycles. The van der Waals surface area contributed by atoms with Crippen LogP contribution in [0, 0.1) is 11.5 Å². The second-order valence-corrected chi connectivity index (χ2v) is 11.2. The molecule has 3 rings (SSSR count). The lowest BCUT2D eigenvalue weighted by Gasteiger charge is -2.29. The summed E-state index contributed by atoms with van der Waals surface area (Å²) in [5.41, 5.74) is 6.08. The van der Waals surface area contributed by atoms with Crippen molar-refractivity contribution in [1.29, 1.82) is 0 Å². The molecule has 1 N–H and O–H groups in total. The molecular formula is C28H30N2O4Si. The zero-order valence-corrected chi connectivity index (χ0v) is 21.2. The Kier molecular flexibility index (Phi) is 9.10. The normalized spacial score (nSPS) is 11.4. The Bertz CT molecular complexity index is 1060. The molecule has 6 nitrogen and oxygen atoms in total. The fourth-order valence-corrected chi connectivity index (χ4v) is 7.75. The Morgan fingerprint density at radius 2 is 1.23 bits per heavy atom. The van der Waals surface area contributed by atoms with Crippen LogP contribution in [0.25, 0.3) is 0 Å². The number of benzene rings is 3. The lowest BCUT2D eigenvalue weighted by molar-refractivity contribution is 0.0676. The molecule has 1 unspecified atom stereocenters. The van der Waals surface area contributed by atoms with Crippen molar-refractivity contribution in [1.82, 2.24) is 10.4 Å². The lowest BCUT2D eigenvalue weighted by Crippen LogP contribution is -2.66. The number of carbonyl (C=O) groups is 2. The summed E-state index contributed by atoms with van der Waals surface area (Å²) >= 11 is 0. The van der Waals surface area contributed by atoms with Gasteiger partial charge < -0.3 is 9.47 Å². The molecule has 7 heteroatoms. The number of amides is 2. The van der Waals surface area contributed by atoms with Crippen LogP contribution in [-0.4, -0.2) is 44.5 Å². The van der Waals surface area contributed by atoms with Crippen molar-refractivity contribution in [3.8, 4) is 11.5 Å². The third kappa shape index (κ3) is 6.11. The van der Waals surface area contributed by atoms with Gasteiger partial charge in [0.1, 0.15) is 6.04 Å². The molecule has 35 heavy (non-hydrogen) atoms. The molecule has 180 valence electrons. The van der Waals surface area contributed by atoms with E-state index < -0.39 is 26.3 Å². The van der Waals surface area contributed by atoms with Crippen LogP contribution in [0.3, 0.4) is 0 Å². The summed E-state index contributed by atoms with van der Waals surface area (Å²) < 4.78 is 10.1. The van der Waals surface area contributed by atoms with Crippen LogP contribution in [0.4, 0.5) is 9.59 Å². The van der Waals surface area contributed by atoms with E-state index in [1.807, 2.05) is 54.6 Å². The zero-order valence-electron chi connectivity index (χ0n) is 20.2. The van der Waals surface area contributed by atoms with E-state index in [0.717, 1.165) is 20.6 Å². The molecule has 0 aromatic heterocycles. The lowest BCUT2D eigenvalue weighted by atomic mass is 10.3. The molecule has 0 fully saturated rings. The summed E-state index contributed by atoms with van der Waals surface area (Å²) in [5.74, 6) is 3.27. The predicted octanol–water partition coefficient (Wildman–Crippen LogP) is 3.21. The van der Waals surface area contributed by atoms with E-state index >= 15 is 0 Å². The van der Waals surface area contributed by atoms with Crippen molar-refractivity contribution in [2.24, 2.45) is 0 Å². The van der Waals surface area contributed by atoms with Crippen LogP contribution in [0.15, 0.2) is 91.0 Å². The van der Waals surface area contributed by atoms with E-state index in [9.17, 15) is 9.59 Å². The Morgan fingerprint density at radius 1 is 0.800 bits per heavy atom. The van der Waals surface area contributed by atoms with Gasteiger partial charge in [-0.2, -0.15) is 0 Å². The molecular weight excluding hydrogens is 456 g/mol. The highest BCUT2D eigenvalue weighted by Gasteiger charge is 2.38. The second-order valence-electron chi connectivity index (χ2n) is 7.69. The molecule has 0 aliphatic rings. The Morgan fingerprint density at radius 3 is 1.63 bits per heavy atom. The van der Waals surface area contributed by atoms with Gasteiger partial charge in [0.2, 0.25) is 8.07 Å². The molecule has 3 aromatic carbocycles. The van der Waals surface area contributed by atoms with E-state index in [2.05, 4.69) is 53.3 Å². The molecule has 0 heterocycles. The molecule has 0 aliphatic heterocycles. The first-order valence-electron chi connectivity index (χ1n) is 11.6. The highest BCUT2D eigenvalue weighted by molar-refractivity contribution is 7.16. The fourth-order valence-electron chi connectivity index (χ4n) is 3.81. The average Bonchev–Trinajstić information content (AvgIpc) is 2.90. The van der Waals surface area contributed by atoms with Crippen LogP contribution >= 0.6 is 0 Å². The van der Waals surface area contributed by atoms with Crippen LogP contribution in [-0.2, 0) is 9.47 Å². The van der Waals surface area contributed by atoms with Gasteiger partial charge in [-0.1, -0.05) is 96.9 Å². The quantitative estimate of drug-likeness (QED) is 0.252. The standard InChI is InChI=1S/C28H30N2O4Si/c1-4-33-27(31)29-30(28(32)34-5-2)23(3)21-22-35(24-15-9-6-10-16-24,25-17-11-7-12-18-25)26-19-13-8-14-20-26/h6-20,23H,4-5H2,1-3H3,(H,29,31). The third-order valence-corrected chi connectivity index (χ3v) is 9.55. The second kappa shape index (κ2) is 12.4. The van der Waals surface area contributed by atoms with Crippen molar-refractivity contribution in [3.63, 3.8) is 0 Å². The third-order valence-electron chi connectivity index (χ3n) is 5.43. The minimum absolute atomic E-state index is 0.163. The van der Waals surface area contributed by atoms with Gasteiger partial charge in [0.25, 0.3) is 0 Å². The molecule has 1 atom stereocenters. The summed E-state index contributed by atoms with van der Waals surface area (Å²) in [6.07, 6.45) is -1.44. The number of hydrogen-bond acceptors (Lipinski definition) is 4. The summed E-state index contributed by atoms with van der Waals surface area (Å²) in [7, 11) is -2.82. The fraction of sp³-hybridized carbons (Fsp3) is 0.214. The zero-order chi connectivity index (χ0) is 25.1. The highest BCUT2D eigenvalue weighted by Crippen LogP contribution is 2.08. The van der Waals surface area contributed by atoms with Gasteiger partial charge in [0.15, 0.2) is 0 Å². The molecule has 0 saturated carbocycles. The number of carbonyl (C=O) groups excluding carboxylic acids is 2. The highest BCUT2D eigenvalue weighted by atomic mass is 28.3. The summed E-state index contributed by atoms with van der Waals surface area (Å²) in [4.78, 5) is 24.7. The Labute approximate surface area is 207 Å². The number of nitrogens with one attached hydrogen (secondary N) is 1. The minimum Gasteiger partial charge on any atom is -0.449 e. The van der Waals surface area contributed by atoms with Crippen molar-refractivity contribution in [3.05, 3.63) is 91.0 Å². The van der Waals surface area contributed by atoms with Gasteiger partial charge in [-0.05, 0) is 36.3 Å². The molecule has 0 saturated heterocycles. The van der Waals surface area contributed by atoms with Crippen molar-refractivity contribution in [2.45, 2.75) is 26.8 Å². The van der Waals surface area contributed by atoms with Gasteiger partial charge in [0.05, 0.1) is 13.2 Å². The van der Waals surface area contributed by atoms with E-state index in [4.69, 9.17) is 9.47 Å². The number of ether oxygens (including phenoxy) is 2. The van der Waals surface area contributed by atoms with E-state index in [-0.39, 0.29) is 13.2 Å². The molecule has 0 bridgehead atoms. The monoisotopic (exact) mass is 486 g/mol.